The Morgan fingerprint density at radius 2 is 1.71 bits per heavy atom. The summed E-state index contributed by atoms with van der Waals surface area (Å²) in [5.41, 5.74) is 3.57. The Morgan fingerprint density at radius 3 is 2.42 bits per heavy atom. The number of carbonyl (C=O) groups excluding carboxylic acids is 1. The lowest BCUT2D eigenvalue weighted by Gasteiger charge is -2.33. The zero-order valence-electron chi connectivity index (χ0n) is 13.6. The summed E-state index contributed by atoms with van der Waals surface area (Å²) in [6, 6.07) is 16.1. The van der Waals surface area contributed by atoms with Crippen LogP contribution in [0.3, 0.4) is 0 Å². The second-order valence-corrected chi connectivity index (χ2v) is 6.11. The molecule has 24 heavy (non-hydrogen) atoms. The number of piperazine rings is 1. The summed E-state index contributed by atoms with van der Waals surface area (Å²) in [4.78, 5) is 21.1. The van der Waals surface area contributed by atoms with Crippen LogP contribution in [-0.4, -0.2) is 42.0 Å². The van der Waals surface area contributed by atoms with E-state index >= 15 is 0 Å². The molecule has 0 saturated carbocycles. The molecule has 3 aromatic rings. The molecule has 2 aromatic carbocycles. The molecular weight excluding hydrogens is 302 g/mol. The van der Waals surface area contributed by atoms with Crippen LogP contribution in [0.4, 0.5) is 6.01 Å². The van der Waals surface area contributed by atoms with Gasteiger partial charge in [-0.3, -0.25) is 4.79 Å². The number of aryl methyl sites for hydroxylation is 1. The van der Waals surface area contributed by atoms with Crippen LogP contribution in [0.15, 0.2) is 52.9 Å². The van der Waals surface area contributed by atoms with Crippen LogP contribution in [0.1, 0.15) is 15.9 Å². The Hall–Kier alpha value is -2.82. The van der Waals surface area contributed by atoms with E-state index in [1.165, 1.54) is 0 Å². The highest BCUT2D eigenvalue weighted by Gasteiger charge is 2.24. The van der Waals surface area contributed by atoms with E-state index in [-0.39, 0.29) is 5.91 Å². The first-order chi connectivity index (χ1) is 11.7. The van der Waals surface area contributed by atoms with Crippen LogP contribution in [0.2, 0.25) is 0 Å². The molecule has 1 amide bonds. The van der Waals surface area contributed by atoms with Gasteiger partial charge in [0.2, 0.25) is 0 Å². The molecule has 1 aromatic heterocycles. The Balaban J connectivity index is 1.44. The lowest BCUT2D eigenvalue weighted by molar-refractivity contribution is 0.0745. The molecule has 0 unspecified atom stereocenters. The first kappa shape index (κ1) is 14.8. The van der Waals surface area contributed by atoms with Crippen molar-refractivity contribution in [3.8, 4) is 0 Å². The topological polar surface area (TPSA) is 49.6 Å². The van der Waals surface area contributed by atoms with E-state index in [2.05, 4.69) is 9.88 Å². The van der Waals surface area contributed by atoms with Crippen LogP contribution in [0.5, 0.6) is 0 Å². The number of fused-ring (bicyclic) bond motifs is 1. The number of amides is 1. The van der Waals surface area contributed by atoms with E-state index in [0.29, 0.717) is 19.1 Å². The average Bonchev–Trinajstić information content (AvgIpc) is 3.06. The van der Waals surface area contributed by atoms with Gasteiger partial charge < -0.3 is 14.2 Å². The monoisotopic (exact) mass is 321 g/mol. The summed E-state index contributed by atoms with van der Waals surface area (Å²) in [5, 5.41) is 0. The molecule has 1 saturated heterocycles. The van der Waals surface area contributed by atoms with E-state index in [4.69, 9.17) is 4.42 Å². The molecule has 0 atom stereocenters. The normalized spacial score (nSPS) is 15.0. The van der Waals surface area contributed by atoms with E-state index in [9.17, 15) is 4.79 Å². The fraction of sp³-hybridized carbons (Fsp3) is 0.263. The first-order valence-corrected chi connectivity index (χ1v) is 8.17. The molecule has 0 bridgehead atoms. The van der Waals surface area contributed by atoms with E-state index in [1.807, 2.05) is 60.4 Å². The predicted octanol–water partition coefficient (Wildman–Crippen LogP) is 3.10. The lowest BCUT2D eigenvalue weighted by atomic mass is 10.1. The van der Waals surface area contributed by atoms with Crippen molar-refractivity contribution in [1.82, 2.24) is 9.88 Å². The Bertz CT molecular complexity index is 829. The zero-order chi connectivity index (χ0) is 16.5. The van der Waals surface area contributed by atoms with Crippen LogP contribution < -0.4 is 4.90 Å². The Kier molecular flexibility index (Phi) is 3.69. The van der Waals surface area contributed by atoms with Gasteiger partial charge in [0, 0.05) is 31.7 Å². The van der Waals surface area contributed by atoms with Crippen molar-refractivity contribution in [2.75, 3.05) is 31.1 Å². The van der Waals surface area contributed by atoms with E-state index in [0.717, 1.165) is 35.3 Å². The molecule has 0 spiro atoms. The maximum Gasteiger partial charge on any atom is 0.298 e. The number of benzene rings is 2. The van der Waals surface area contributed by atoms with Crippen molar-refractivity contribution < 1.29 is 9.21 Å². The fourth-order valence-corrected chi connectivity index (χ4v) is 2.97. The number of para-hydroxylation sites is 2. The van der Waals surface area contributed by atoms with Gasteiger partial charge in [0.05, 0.1) is 0 Å². The van der Waals surface area contributed by atoms with Crippen molar-refractivity contribution in [2.24, 2.45) is 0 Å². The highest BCUT2D eigenvalue weighted by atomic mass is 16.4. The summed E-state index contributed by atoms with van der Waals surface area (Å²) < 4.78 is 5.81. The number of carbonyl (C=O) groups is 1. The van der Waals surface area contributed by atoms with Crippen LogP contribution in [0, 0.1) is 6.92 Å². The minimum absolute atomic E-state index is 0.0900. The van der Waals surface area contributed by atoms with Crippen LogP contribution >= 0.6 is 0 Å². The molecule has 122 valence electrons. The van der Waals surface area contributed by atoms with Gasteiger partial charge in [-0.1, -0.05) is 29.8 Å². The fourth-order valence-electron chi connectivity index (χ4n) is 2.97. The third-order valence-electron chi connectivity index (χ3n) is 4.42. The van der Waals surface area contributed by atoms with Gasteiger partial charge in [0.25, 0.3) is 11.9 Å². The molecule has 1 fully saturated rings. The number of oxazole rings is 1. The van der Waals surface area contributed by atoms with Crippen molar-refractivity contribution in [1.29, 1.82) is 0 Å². The molecule has 0 radical (unpaired) electrons. The van der Waals surface area contributed by atoms with Crippen molar-refractivity contribution >= 4 is 23.0 Å². The predicted molar refractivity (Wildman–Crippen MR) is 93.3 cm³/mol. The minimum Gasteiger partial charge on any atom is -0.423 e. The average molecular weight is 321 g/mol. The number of aromatic nitrogens is 1. The summed E-state index contributed by atoms with van der Waals surface area (Å²) in [6.07, 6.45) is 0. The second-order valence-electron chi connectivity index (χ2n) is 6.11. The smallest absolute Gasteiger partial charge is 0.298 e. The third kappa shape index (κ3) is 2.73. The van der Waals surface area contributed by atoms with Gasteiger partial charge >= 0.3 is 0 Å². The lowest BCUT2D eigenvalue weighted by Crippen LogP contribution is -2.48. The Morgan fingerprint density at radius 1 is 1.00 bits per heavy atom. The van der Waals surface area contributed by atoms with Gasteiger partial charge in [-0.05, 0) is 31.2 Å². The maximum absolute atomic E-state index is 12.6. The van der Waals surface area contributed by atoms with E-state index in [1.54, 1.807) is 0 Å². The number of hydrogen-bond acceptors (Lipinski definition) is 4. The highest BCUT2D eigenvalue weighted by molar-refractivity contribution is 5.94. The molecule has 0 N–H and O–H groups in total. The van der Waals surface area contributed by atoms with Gasteiger partial charge in [-0.25, -0.2) is 0 Å². The standard InChI is InChI=1S/C19H19N3O2/c1-14-6-8-15(9-7-14)18(23)21-10-12-22(13-11-21)19-20-16-4-2-3-5-17(16)24-19/h2-9H,10-13H2,1H3. The summed E-state index contributed by atoms with van der Waals surface area (Å²) in [5.74, 6) is 0.0900. The molecular formula is C19H19N3O2. The number of rotatable bonds is 2. The molecule has 5 heteroatoms. The SMILES string of the molecule is Cc1ccc(C(=O)N2CCN(c3nc4ccccc4o3)CC2)cc1. The van der Waals surface area contributed by atoms with Crippen molar-refractivity contribution in [2.45, 2.75) is 6.92 Å². The van der Waals surface area contributed by atoms with Gasteiger partial charge in [-0.15, -0.1) is 0 Å². The van der Waals surface area contributed by atoms with E-state index < -0.39 is 0 Å². The third-order valence-corrected chi connectivity index (χ3v) is 4.42. The Labute approximate surface area is 140 Å². The van der Waals surface area contributed by atoms with Gasteiger partial charge in [0.1, 0.15) is 5.52 Å². The number of hydrogen-bond donors (Lipinski definition) is 0. The number of nitrogens with zero attached hydrogens (tertiary/aromatic N) is 3. The molecule has 2 heterocycles. The largest absolute Gasteiger partial charge is 0.423 e. The summed E-state index contributed by atoms with van der Waals surface area (Å²) in [7, 11) is 0. The van der Waals surface area contributed by atoms with Crippen LogP contribution in [-0.2, 0) is 0 Å². The summed E-state index contributed by atoms with van der Waals surface area (Å²) >= 11 is 0. The quantitative estimate of drug-likeness (QED) is 0.728. The number of anilines is 1. The van der Waals surface area contributed by atoms with Crippen LogP contribution in [0.25, 0.3) is 11.1 Å². The summed E-state index contributed by atoms with van der Waals surface area (Å²) in [6.45, 7) is 4.82. The van der Waals surface area contributed by atoms with Crippen molar-refractivity contribution in [3.05, 3.63) is 59.7 Å². The van der Waals surface area contributed by atoms with Gasteiger partial charge in [-0.2, -0.15) is 4.98 Å². The zero-order valence-corrected chi connectivity index (χ0v) is 13.6. The molecule has 1 aliphatic heterocycles. The molecule has 1 aliphatic rings. The maximum atomic E-state index is 12.6. The highest BCUT2D eigenvalue weighted by Crippen LogP contribution is 2.22. The molecule has 4 rings (SSSR count). The van der Waals surface area contributed by atoms with Crippen molar-refractivity contribution in [3.63, 3.8) is 0 Å². The molecule has 5 nitrogen and oxygen atoms in total. The second kappa shape index (κ2) is 6.00. The minimum atomic E-state index is 0.0900. The molecule has 0 aliphatic carbocycles. The van der Waals surface area contributed by atoms with Gasteiger partial charge in [0.15, 0.2) is 5.58 Å². The first-order valence-electron chi connectivity index (χ1n) is 8.17.